The van der Waals surface area contributed by atoms with Gasteiger partial charge in [-0.3, -0.25) is 29.0 Å². The maximum absolute atomic E-state index is 14.2. The van der Waals surface area contributed by atoms with Crippen LogP contribution in [0, 0.1) is 23.7 Å². The number of carbonyl (C=O) groups excluding carboxylic acids is 5. The van der Waals surface area contributed by atoms with Gasteiger partial charge in [0.05, 0.1) is 11.7 Å². The largest absolute Gasteiger partial charge is 0.446 e. The van der Waals surface area contributed by atoms with E-state index in [2.05, 4.69) is 27.3 Å². The summed E-state index contributed by atoms with van der Waals surface area (Å²) in [6.07, 6.45) is 3.55. The molecule has 1 aromatic rings. The van der Waals surface area contributed by atoms with Crippen LogP contribution in [0.15, 0.2) is 28.1 Å². The number of para-hydroxylation sites is 1. The molecule has 14 nitrogen and oxygen atoms in total. The van der Waals surface area contributed by atoms with E-state index < -0.39 is 40.0 Å². The highest BCUT2D eigenvalue weighted by Gasteiger charge is 2.42. The number of ketones is 3. The molecule has 0 radical (unpaired) electrons. The van der Waals surface area contributed by atoms with E-state index in [1.54, 1.807) is 6.07 Å². The summed E-state index contributed by atoms with van der Waals surface area (Å²) in [6, 6.07) is 4.05. The first-order valence-electron chi connectivity index (χ1n) is 17.8. The quantitative estimate of drug-likeness (QED) is 0.0507. The fourth-order valence-corrected chi connectivity index (χ4v) is 8.57. The number of esters is 1. The van der Waals surface area contributed by atoms with Crippen LogP contribution in [-0.2, 0) is 45.2 Å². The van der Waals surface area contributed by atoms with Crippen molar-refractivity contribution >= 4 is 75.7 Å². The number of aliphatic imine (C=N–C) groups is 1. The second-order valence-corrected chi connectivity index (χ2v) is 15.7. The molecule has 5 atom stereocenters. The first-order valence-corrected chi connectivity index (χ1v) is 19.2. The van der Waals surface area contributed by atoms with Crippen molar-refractivity contribution in [3.8, 4) is 0 Å². The Morgan fingerprint density at radius 3 is 2.38 bits per heavy atom. The normalized spacial score (nSPS) is 22.1. The molecule has 7 N–H and O–H groups in total. The molecule has 3 aliphatic rings. The number of halogens is 2. The van der Waals surface area contributed by atoms with Crippen molar-refractivity contribution in [1.82, 2.24) is 10.0 Å². The van der Waals surface area contributed by atoms with Crippen molar-refractivity contribution in [3.05, 3.63) is 23.8 Å². The van der Waals surface area contributed by atoms with Crippen molar-refractivity contribution < 1.29 is 37.1 Å². The summed E-state index contributed by atoms with van der Waals surface area (Å²) in [5, 5.41) is 6.19. The van der Waals surface area contributed by atoms with Gasteiger partial charge in [-0.2, -0.15) is 0 Å². The van der Waals surface area contributed by atoms with Crippen molar-refractivity contribution in [2.75, 3.05) is 25.0 Å². The minimum absolute atomic E-state index is 0. The van der Waals surface area contributed by atoms with Crippen LogP contribution in [0.3, 0.4) is 0 Å². The Bertz CT molecular complexity index is 1560. The highest BCUT2D eigenvalue weighted by Crippen LogP contribution is 2.36. The maximum Gasteiger partial charge on any atom is 0.306 e. The summed E-state index contributed by atoms with van der Waals surface area (Å²) >= 11 is 0. The van der Waals surface area contributed by atoms with Crippen LogP contribution < -0.4 is 26.8 Å². The zero-order chi connectivity index (χ0) is 36.4. The van der Waals surface area contributed by atoms with E-state index in [0.717, 1.165) is 18.4 Å². The SMILES string of the molecule is CC1CNc2c(cccc2S(=O)(=O)N[C@@H](CCCN=C(N)N)C(=O)C2CC[C@@H](C)C[C@@H]2C(=O)NCCCCCC(=O)OC2C(=O)CCC2=O)C1.Cl.Cl. The molecule has 4 rings (SSSR count). The summed E-state index contributed by atoms with van der Waals surface area (Å²) in [4.78, 5) is 67.3. The van der Waals surface area contributed by atoms with E-state index in [9.17, 15) is 32.4 Å². The third-order valence-electron chi connectivity index (χ3n) is 9.81. The summed E-state index contributed by atoms with van der Waals surface area (Å²) < 4.78 is 35.5. The van der Waals surface area contributed by atoms with Crippen molar-refractivity contribution in [3.63, 3.8) is 0 Å². The summed E-state index contributed by atoms with van der Waals surface area (Å²) in [7, 11) is -4.13. The molecule has 1 aromatic carbocycles. The number of amides is 1. The van der Waals surface area contributed by atoms with Gasteiger partial charge in [-0.15, -0.1) is 24.8 Å². The van der Waals surface area contributed by atoms with Crippen LogP contribution in [0.2, 0.25) is 0 Å². The number of sulfonamides is 1. The number of nitrogens with one attached hydrogen (secondary N) is 3. The first kappa shape index (κ1) is 44.9. The first-order chi connectivity index (χ1) is 23.8. The lowest BCUT2D eigenvalue weighted by Gasteiger charge is -2.35. The number of fused-ring (bicyclic) bond motifs is 1. The molecule has 0 aromatic heterocycles. The number of rotatable bonds is 17. The Kier molecular flexibility index (Phi) is 18.0. The predicted octanol–water partition coefficient (Wildman–Crippen LogP) is 2.98. The van der Waals surface area contributed by atoms with E-state index in [0.29, 0.717) is 63.2 Å². The second-order valence-electron chi connectivity index (χ2n) is 14.0. The number of ether oxygens (including phenoxy) is 1. The van der Waals surface area contributed by atoms with Gasteiger partial charge in [-0.05, 0) is 74.8 Å². The Labute approximate surface area is 318 Å². The predicted molar refractivity (Wildman–Crippen MR) is 202 cm³/mol. The second kappa shape index (κ2) is 20.8. The number of nitrogens with two attached hydrogens (primary N) is 2. The summed E-state index contributed by atoms with van der Waals surface area (Å²) in [5.74, 6) is -2.75. The average Bonchev–Trinajstić information content (AvgIpc) is 3.38. The minimum Gasteiger partial charge on any atom is -0.446 e. The van der Waals surface area contributed by atoms with E-state index >= 15 is 0 Å². The van der Waals surface area contributed by atoms with Gasteiger partial charge in [0.2, 0.25) is 22.0 Å². The number of anilines is 1. The van der Waals surface area contributed by atoms with Gasteiger partial charge in [0.15, 0.2) is 23.3 Å². The third kappa shape index (κ3) is 12.4. The van der Waals surface area contributed by atoms with Gasteiger partial charge in [0.1, 0.15) is 4.90 Å². The fourth-order valence-electron chi connectivity index (χ4n) is 7.10. The van der Waals surface area contributed by atoms with Crippen LogP contribution in [0.5, 0.6) is 0 Å². The lowest BCUT2D eigenvalue weighted by molar-refractivity contribution is -0.157. The van der Waals surface area contributed by atoms with Crippen LogP contribution >= 0.6 is 24.8 Å². The molecule has 0 bridgehead atoms. The smallest absolute Gasteiger partial charge is 0.306 e. The molecule has 2 saturated carbocycles. The molecular formula is C35H54Cl2N6O8S. The van der Waals surface area contributed by atoms with E-state index in [4.69, 9.17) is 16.2 Å². The van der Waals surface area contributed by atoms with E-state index in [1.165, 1.54) is 6.07 Å². The Hall–Kier alpha value is -3.27. The molecule has 1 amide bonds. The highest BCUT2D eigenvalue weighted by molar-refractivity contribution is 7.89. The van der Waals surface area contributed by atoms with E-state index in [-0.39, 0.29) is 97.1 Å². The third-order valence-corrected chi connectivity index (χ3v) is 11.3. The van der Waals surface area contributed by atoms with Crippen LogP contribution in [0.1, 0.15) is 90.0 Å². The minimum atomic E-state index is -4.13. The van der Waals surface area contributed by atoms with Crippen molar-refractivity contribution in [1.29, 1.82) is 0 Å². The van der Waals surface area contributed by atoms with Crippen molar-refractivity contribution in [2.24, 2.45) is 40.1 Å². The number of Topliss-reactive ketones (excluding diaryl/α,β-unsaturated/α-hetero) is 3. The molecule has 0 spiro atoms. The number of guanidine groups is 1. The Morgan fingerprint density at radius 1 is 0.981 bits per heavy atom. The molecule has 0 saturated heterocycles. The standard InChI is InChI=1S/C35H52N6O8S.2ClH/c1-21-12-13-24(25(19-21)34(46)38-16-5-3-4-11-30(44)49-33-27(42)14-15-28(33)43)32(45)26(9-7-17-39-35(36)37)41-50(47,48)29-10-6-8-23-18-22(2)20-40-31(23)29;;/h6,8,10,21-22,24-26,33,40-41H,3-5,7,9,11-20H2,1-2H3,(H,38,46)(H4,36,37,39);2*1H/t21-,22?,24?,25+,26+;;/m1../s1. The number of benzene rings is 1. The van der Waals surface area contributed by atoms with E-state index in [1.807, 2.05) is 13.0 Å². The number of nitrogens with zero attached hydrogens (tertiary/aromatic N) is 1. The Balaban J connectivity index is 0.00000468. The summed E-state index contributed by atoms with van der Waals surface area (Å²) in [6.45, 7) is 5.31. The summed E-state index contributed by atoms with van der Waals surface area (Å²) in [5.41, 5.74) is 12.4. The molecule has 2 unspecified atom stereocenters. The monoisotopic (exact) mass is 788 g/mol. The average molecular weight is 790 g/mol. The van der Waals surface area contributed by atoms with Crippen LogP contribution in [0.4, 0.5) is 5.69 Å². The lowest BCUT2D eigenvalue weighted by atomic mass is 9.71. The van der Waals surface area contributed by atoms with Gasteiger partial charge < -0.3 is 26.8 Å². The highest BCUT2D eigenvalue weighted by atomic mass is 35.5. The van der Waals surface area contributed by atoms with Gasteiger partial charge in [-0.25, -0.2) is 13.1 Å². The number of hydrogen-bond acceptors (Lipinski definition) is 10. The molecule has 2 aliphatic carbocycles. The number of unbranched alkanes of at least 4 members (excludes halogenated alkanes) is 2. The molecule has 1 heterocycles. The zero-order valence-corrected chi connectivity index (χ0v) is 32.3. The molecule has 1 aliphatic heterocycles. The van der Waals surface area contributed by atoms with Gasteiger partial charge in [0.25, 0.3) is 0 Å². The number of hydrogen-bond donors (Lipinski definition) is 5. The van der Waals surface area contributed by atoms with Gasteiger partial charge in [-0.1, -0.05) is 32.4 Å². The topological polar surface area (TPSA) is 229 Å². The maximum atomic E-state index is 14.2. The van der Waals surface area contributed by atoms with Gasteiger partial charge >= 0.3 is 5.97 Å². The van der Waals surface area contributed by atoms with Crippen LogP contribution in [-0.4, -0.2) is 75.4 Å². The fraction of sp³-hybridized carbons (Fsp3) is 0.657. The lowest BCUT2D eigenvalue weighted by Crippen LogP contribution is -2.49. The zero-order valence-electron chi connectivity index (χ0n) is 29.9. The van der Waals surface area contributed by atoms with Gasteiger partial charge in [0, 0.05) is 50.7 Å². The van der Waals surface area contributed by atoms with Crippen molar-refractivity contribution in [2.45, 2.75) is 108 Å². The molecule has 2 fully saturated rings. The molecular weight excluding hydrogens is 735 g/mol. The number of carbonyl (C=O) groups is 5. The van der Waals surface area contributed by atoms with Crippen LogP contribution in [0.25, 0.3) is 0 Å². The molecule has 292 valence electrons. The molecule has 17 heteroatoms. The Morgan fingerprint density at radius 2 is 1.69 bits per heavy atom. The molecule has 52 heavy (non-hydrogen) atoms.